The second-order valence-corrected chi connectivity index (χ2v) is 7.21. The van der Waals surface area contributed by atoms with Crippen molar-refractivity contribution in [3.63, 3.8) is 0 Å². The van der Waals surface area contributed by atoms with E-state index in [9.17, 15) is 4.79 Å². The van der Waals surface area contributed by atoms with E-state index in [2.05, 4.69) is 12.2 Å². The van der Waals surface area contributed by atoms with Crippen molar-refractivity contribution < 1.29 is 4.79 Å². The molecule has 0 spiro atoms. The summed E-state index contributed by atoms with van der Waals surface area (Å²) in [7, 11) is 0. The Hall–Kier alpha value is -0.570. The van der Waals surface area contributed by atoms with E-state index in [1.54, 1.807) is 0 Å². The third kappa shape index (κ3) is 5.43. The molecule has 0 aromatic rings. The molecule has 116 valence electrons. The number of nitrogens with two attached hydrogens (primary N) is 1. The maximum absolute atomic E-state index is 12.1. The van der Waals surface area contributed by atoms with Crippen molar-refractivity contribution in [1.82, 2.24) is 5.32 Å². The fraction of sp³-hybridized carbons (Fsp3) is 0.941. The largest absolute Gasteiger partial charge is 0.353 e. The van der Waals surface area contributed by atoms with E-state index in [4.69, 9.17) is 5.73 Å². The van der Waals surface area contributed by atoms with Gasteiger partial charge in [-0.3, -0.25) is 4.79 Å². The molecule has 2 saturated carbocycles. The predicted octanol–water partition coefficient (Wildman–Crippen LogP) is 3.37. The Labute approximate surface area is 124 Å². The van der Waals surface area contributed by atoms with Crippen LogP contribution in [-0.2, 0) is 4.79 Å². The van der Waals surface area contributed by atoms with Gasteiger partial charge in [0.1, 0.15) is 0 Å². The number of carbonyl (C=O) groups is 1. The number of rotatable bonds is 4. The molecule has 2 aliphatic carbocycles. The number of hydrogen-bond acceptors (Lipinski definition) is 2. The molecule has 2 aliphatic rings. The van der Waals surface area contributed by atoms with Crippen LogP contribution in [0.1, 0.15) is 77.6 Å². The van der Waals surface area contributed by atoms with Crippen LogP contribution >= 0.6 is 0 Å². The zero-order chi connectivity index (χ0) is 14.4. The molecule has 0 bridgehead atoms. The van der Waals surface area contributed by atoms with Gasteiger partial charge in [-0.2, -0.15) is 0 Å². The summed E-state index contributed by atoms with van der Waals surface area (Å²) >= 11 is 0. The first-order chi connectivity index (χ1) is 9.63. The van der Waals surface area contributed by atoms with Crippen molar-refractivity contribution in [3.05, 3.63) is 0 Å². The van der Waals surface area contributed by atoms with E-state index in [1.165, 1.54) is 51.4 Å². The van der Waals surface area contributed by atoms with Gasteiger partial charge in [-0.25, -0.2) is 0 Å². The summed E-state index contributed by atoms with van der Waals surface area (Å²) in [4.78, 5) is 12.1. The molecular formula is C17H32N2O. The lowest BCUT2D eigenvalue weighted by Gasteiger charge is -2.26. The van der Waals surface area contributed by atoms with E-state index in [-0.39, 0.29) is 5.91 Å². The number of hydrogen-bond donors (Lipinski definition) is 2. The molecule has 3 nitrogen and oxygen atoms in total. The minimum Gasteiger partial charge on any atom is -0.353 e. The summed E-state index contributed by atoms with van der Waals surface area (Å²) in [6.45, 7) is 2.33. The van der Waals surface area contributed by atoms with Gasteiger partial charge in [-0.15, -0.1) is 0 Å². The minimum absolute atomic E-state index is 0.267. The standard InChI is InChI=1S/C17H32N2O/c1-13-4-2-7-16(10-8-13)19-17(20)11-9-14-5-3-6-15(18)12-14/h13-16H,2-12,18H2,1H3,(H,19,20). The van der Waals surface area contributed by atoms with E-state index in [0.29, 0.717) is 24.4 Å². The highest BCUT2D eigenvalue weighted by atomic mass is 16.1. The number of amides is 1. The molecule has 0 aliphatic heterocycles. The van der Waals surface area contributed by atoms with Crippen LogP contribution in [0.4, 0.5) is 0 Å². The minimum atomic E-state index is 0.267. The molecule has 0 heterocycles. The van der Waals surface area contributed by atoms with Gasteiger partial charge >= 0.3 is 0 Å². The molecular weight excluding hydrogens is 248 g/mol. The van der Waals surface area contributed by atoms with Crippen LogP contribution in [0.2, 0.25) is 0 Å². The molecule has 1 amide bonds. The smallest absolute Gasteiger partial charge is 0.220 e. The van der Waals surface area contributed by atoms with Crippen molar-refractivity contribution in [1.29, 1.82) is 0 Å². The van der Waals surface area contributed by atoms with Gasteiger partial charge in [0.15, 0.2) is 0 Å². The molecule has 2 rings (SSSR count). The SMILES string of the molecule is CC1CCCC(NC(=O)CCC2CCCC(N)C2)CC1. The highest BCUT2D eigenvalue weighted by Crippen LogP contribution is 2.27. The Bertz CT molecular complexity index is 305. The Morgan fingerprint density at radius 1 is 1.10 bits per heavy atom. The summed E-state index contributed by atoms with van der Waals surface area (Å²) in [6, 6.07) is 0.807. The topological polar surface area (TPSA) is 55.1 Å². The van der Waals surface area contributed by atoms with Gasteiger partial charge < -0.3 is 11.1 Å². The maximum atomic E-state index is 12.1. The predicted molar refractivity (Wildman–Crippen MR) is 83.3 cm³/mol. The van der Waals surface area contributed by atoms with Crippen LogP contribution in [-0.4, -0.2) is 18.0 Å². The molecule has 4 atom stereocenters. The van der Waals surface area contributed by atoms with Crippen LogP contribution in [0, 0.1) is 11.8 Å². The van der Waals surface area contributed by atoms with Crippen LogP contribution < -0.4 is 11.1 Å². The molecule has 3 heteroatoms. The van der Waals surface area contributed by atoms with E-state index in [1.807, 2.05) is 0 Å². The van der Waals surface area contributed by atoms with E-state index >= 15 is 0 Å². The second-order valence-electron chi connectivity index (χ2n) is 7.21. The lowest BCUT2D eigenvalue weighted by Crippen LogP contribution is -2.35. The average molecular weight is 280 g/mol. The first-order valence-corrected chi connectivity index (χ1v) is 8.68. The van der Waals surface area contributed by atoms with E-state index < -0.39 is 0 Å². The maximum Gasteiger partial charge on any atom is 0.220 e. The van der Waals surface area contributed by atoms with Gasteiger partial charge in [0.25, 0.3) is 0 Å². The summed E-state index contributed by atoms with van der Waals surface area (Å²) in [6.07, 6.45) is 12.7. The molecule has 0 radical (unpaired) electrons. The lowest BCUT2D eigenvalue weighted by atomic mass is 9.83. The Balaban J connectivity index is 1.64. The van der Waals surface area contributed by atoms with Crippen LogP contribution in [0.25, 0.3) is 0 Å². The molecule has 0 aromatic heterocycles. The van der Waals surface area contributed by atoms with Crippen molar-refractivity contribution in [2.45, 2.75) is 89.6 Å². The molecule has 3 N–H and O–H groups in total. The molecule has 0 saturated heterocycles. The van der Waals surface area contributed by atoms with Crippen LogP contribution in [0.5, 0.6) is 0 Å². The van der Waals surface area contributed by atoms with Crippen molar-refractivity contribution in [2.75, 3.05) is 0 Å². The van der Waals surface area contributed by atoms with Crippen molar-refractivity contribution in [2.24, 2.45) is 17.6 Å². The van der Waals surface area contributed by atoms with Crippen molar-refractivity contribution in [3.8, 4) is 0 Å². The van der Waals surface area contributed by atoms with Gasteiger partial charge in [-0.05, 0) is 50.4 Å². The average Bonchev–Trinajstić information content (AvgIpc) is 2.62. The summed E-state index contributed by atoms with van der Waals surface area (Å²) in [5.41, 5.74) is 6.01. The lowest BCUT2D eigenvalue weighted by molar-refractivity contribution is -0.122. The first-order valence-electron chi connectivity index (χ1n) is 8.68. The normalized spacial score (nSPS) is 35.3. The number of nitrogens with one attached hydrogen (secondary N) is 1. The summed E-state index contributed by atoms with van der Waals surface area (Å²) in [5.74, 6) is 1.78. The van der Waals surface area contributed by atoms with Crippen LogP contribution in [0.3, 0.4) is 0 Å². The monoisotopic (exact) mass is 280 g/mol. The molecule has 2 fully saturated rings. The number of carbonyl (C=O) groups excluding carboxylic acids is 1. The zero-order valence-corrected chi connectivity index (χ0v) is 13.1. The Morgan fingerprint density at radius 2 is 1.90 bits per heavy atom. The fourth-order valence-corrected chi connectivity index (χ4v) is 3.86. The third-order valence-electron chi connectivity index (χ3n) is 5.23. The van der Waals surface area contributed by atoms with E-state index in [0.717, 1.165) is 18.8 Å². The molecule has 4 unspecified atom stereocenters. The second kappa shape index (κ2) is 8.02. The summed E-state index contributed by atoms with van der Waals surface area (Å²) < 4.78 is 0. The van der Waals surface area contributed by atoms with Gasteiger partial charge in [-0.1, -0.05) is 32.6 Å². The third-order valence-corrected chi connectivity index (χ3v) is 5.23. The molecule has 20 heavy (non-hydrogen) atoms. The van der Waals surface area contributed by atoms with Crippen molar-refractivity contribution >= 4 is 5.91 Å². The van der Waals surface area contributed by atoms with Crippen LogP contribution in [0.15, 0.2) is 0 Å². The fourth-order valence-electron chi connectivity index (χ4n) is 3.86. The Morgan fingerprint density at radius 3 is 2.70 bits per heavy atom. The first kappa shape index (κ1) is 15.8. The van der Waals surface area contributed by atoms with Gasteiger partial charge in [0.2, 0.25) is 5.91 Å². The van der Waals surface area contributed by atoms with Gasteiger partial charge in [0, 0.05) is 18.5 Å². The highest BCUT2D eigenvalue weighted by molar-refractivity contribution is 5.76. The zero-order valence-electron chi connectivity index (χ0n) is 13.1. The quantitative estimate of drug-likeness (QED) is 0.776. The Kier molecular flexibility index (Phi) is 6.34. The van der Waals surface area contributed by atoms with Gasteiger partial charge in [0.05, 0.1) is 0 Å². The molecule has 0 aromatic carbocycles. The summed E-state index contributed by atoms with van der Waals surface area (Å²) in [5, 5.41) is 3.26. The highest BCUT2D eigenvalue weighted by Gasteiger charge is 2.21.